The van der Waals surface area contributed by atoms with Crippen molar-refractivity contribution in [1.29, 1.82) is 0 Å². The number of ether oxygens (including phenoxy) is 1. The zero-order valence-electron chi connectivity index (χ0n) is 9.95. The summed E-state index contributed by atoms with van der Waals surface area (Å²) in [7, 11) is 0. The van der Waals surface area contributed by atoms with Crippen LogP contribution in [0.2, 0.25) is 0 Å². The zero-order chi connectivity index (χ0) is 11.5. The number of Topliss-reactive ketones (excluding diaryl/α,β-unsaturated/α-hetero) is 1. The largest absolute Gasteiger partial charge is 0.370 e. The molecule has 1 atom stereocenters. The van der Waals surface area contributed by atoms with Crippen molar-refractivity contribution in [2.24, 2.45) is 0 Å². The highest BCUT2D eigenvalue weighted by molar-refractivity contribution is 5.85. The smallest absolute Gasteiger partial charge is 0.165 e. The molecule has 0 aromatic heterocycles. The molecule has 1 heterocycles. The van der Waals surface area contributed by atoms with Gasteiger partial charge in [-0.05, 0) is 37.8 Å². The Balaban J connectivity index is 2.07. The van der Waals surface area contributed by atoms with Gasteiger partial charge in [0.05, 0.1) is 0 Å². The number of carbonyl (C=O) groups is 1. The predicted octanol–water partition coefficient (Wildman–Crippen LogP) is 2.59. The summed E-state index contributed by atoms with van der Waals surface area (Å²) in [4.78, 5) is 12.0. The lowest BCUT2D eigenvalue weighted by Crippen LogP contribution is -2.21. The quantitative estimate of drug-likeness (QED) is 0.779. The van der Waals surface area contributed by atoms with E-state index in [-0.39, 0.29) is 11.9 Å². The first-order valence-electron chi connectivity index (χ1n) is 5.87. The highest BCUT2D eigenvalue weighted by Gasteiger charge is 2.23. The van der Waals surface area contributed by atoms with Gasteiger partial charge in [0, 0.05) is 13.0 Å². The van der Waals surface area contributed by atoms with Crippen LogP contribution in [-0.4, -0.2) is 18.5 Å². The Morgan fingerprint density at radius 1 is 1.44 bits per heavy atom. The van der Waals surface area contributed by atoms with Gasteiger partial charge >= 0.3 is 0 Å². The highest BCUT2D eigenvalue weighted by atomic mass is 16.5. The van der Waals surface area contributed by atoms with Gasteiger partial charge in [0.1, 0.15) is 6.10 Å². The van der Waals surface area contributed by atoms with Crippen molar-refractivity contribution >= 4 is 5.78 Å². The number of ketones is 1. The lowest BCUT2D eigenvalue weighted by Gasteiger charge is -2.10. The maximum atomic E-state index is 12.0. The Labute approximate surface area is 96.6 Å². The van der Waals surface area contributed by atoms with Crippen LogP contribution in [0.25, 0.3) is 0 Å². The van der Waals surface area contributed by atoms with Gasteiger partial charge in [0.25, 0.3) is 0 Å². The summed E-state index contributed by atoms with van der Waals surface area (Å²) in [5.74, 6) is 0.228. The Morgan fingerprint density at radius 3 is 2.94 bits per heavy atom. The molecule has 0 spiro atoms. The first kappa shape index (κ1) is 11.3. The standard InChI is InChI=1S/C14H18O2/c1-10-5-6-11(2)12(8-10)9-13(15)14-4-3-7-16-14/h5-6,8,14H,3-4,7,9H2,1-2H3. The third-order valence-corrected chi connectivity index (χ3v) is 3.16. The zero-order valence-corrected chi connectivity index (χ0v) is 9.95. The van der Waals surface area contributed by atoms with Gasteiger partial charge < -0.3 is 4.74 Å². The molecule has 1 saturated heterocycles. The van der Waals surface area contributed by atoms with Gasteiger partial charge in [0.2, 0.25) is 0 Å². The predicted molar refractivity (Wildman–Crippen MR) is 63.6 cm³/mol. The molecule has 0 bridgehead atoms. The second-order valence-electron chi connectivity index (χ2n) is 4.57. The second-order valence-corrected chi connectivity index (χ2v) is 4.57. The Hall–Kier alpha value is -1.15. The van der Waals surface area contributed by atoms with Crippen molar-refractivity contribution in [2.45, 2.75) is 39.2 Å². The van der Waals surface area contributed by atoms with Crippen LogP contribution < -0.4 is 0 Å². The van der Waals surface area contributed by atoms with Crippen molar-refractivity contribution < 1.29 is 9.53 Å². The van der Waals surface area contributed by atoms with E-state index in [0.29, 0.717) is 6.42 Å². The summed E-state index contributed by atoms with van der Waals surface area (Å²) >= 11 is 0. The van der Waals surface area contributed by atoms with E-state index in [1.165, 1.54) is 11.1 Å². The van der Waals surface area contributed by atoms with E-state index < -0.39 is 0 Å². The minimum absolute atomic E-state index is 0.153. The number of benzene rings is 1. The first-order valence-corrected chi connectivity index (χ1v) is 5.87. The van der Waals surface area contributed by atoms with Crippen molar-refractivity contribution in [1.82, 2.24) is 0 Å². The molecule has 2 heteroatoms. The van der Waals surface area contributed by atoms with Gasteiger partial charge in [0.15, 0.2) is 5.78 Å². The molecule has 2 nitrogen and oxygen atoms in total. The van der Waals surface area contributed by atoms with E-state index in [0.717, 1.165) is 25.0 Å². The van der Waals surface area contributed by atoms with Crippen LogP contribution in [0.15, 0.2) is 18.2 Å². The molecule has 16 heavy (non-hydrogen) atoms. The minimum Gasteiger partial charge on any atom is -0.370 e. The molecule has 1 unspecified atom stereocenters. The molecule has 2 rings (SSSR count). The molecule has 0 N–H and O–H groups in total. The van der Waals surface area contributed by atoms with E-state index >= 15 is 0 Å². The lowest BCUT2D eigenvalue weighted by molar-refractivity contribution is -0.127. The van der Waals surface area contributed by atoms with Crippen LogP contribution >= 0.6 is 0 Å². The van der Waals surface area contributed by atoms with Crippen molar-refractivity contribution in [2.75, 3.05) is 6.61 Å². The maximum Gasteiger partial charge on any atom is 0.165 e. The molecule has 1 aromatic rings. The maximum absolute atomic E-state index is 12.0. The SMILES string of the molecule is Cc1ccc(C)c(CC(=O)C2CCCO2)c1. The number of hydrogen-bond acceptors (Lipinski definition) is 2. The fourth-order valence-corrected chi connectivity index (χ4v) is 2.12. The average molecular weight is 218 g/mol. The fourth-order valence-electron chi connectivity index (χ4n) is 2.12. The van der Waals surface area contributed by atoms with Crippen LogP contribution in [0, 0.1) is 13.8 Å². The molecule has 0 saturated carbocycles. The molecule has 0 aliphatic carbocycles. The molecule has 1 aromatic carbocycles. The van der Waals surface area contributed by atoms with E-state index in [2.05, 4.69) is 32.0 Å². The molecule has 1 aliphatic rings. The fraction of sp³-hybridized carbons (Fsp3) is 0.500. The lowest BCUT2D eigenvalue weighted by atomic mass is 9.98. The van der Waals surface area contributed by atoms with Crippen molar-refractivity contribution in [3.05, 3.63) is 34.9 Å². The molecule has 0 radical (unpaired) electrons. The molecule has 1 aliphatic heterocycles. The summed E-state index contributed by atoms with van der Waals surface area (Å²) < 4.78 is 5.41. The average Bonchev–Trinajstić information content (AvgIpc) is 2.76. The normalized spacial score (nSPS) is 20.0. The Kier molecular flexibility index (Phi) is 3.39. The molecular formula is C14H18O2. The summed E-state index contributed by atoms with van der Waals surface area (Å²) in [5.41, 5.74) is 3.54. The van der Waals surface area contributed by atoms with Gasteiger partial charge in [-0.1, -0.05) is 23.8 Å². The number of hydrogen-bond donors (Lipinski definition) is 0. The van der Waals surface area contributed by atoms with Gasteiger partial charge in [-0.15, -0.1) is 0 Å². The molecular weight excluding hydrogens is 200 g/mol. The minimum atomic E-state index is -0.153. The van der Waals surface area contributed by atoms with E-state index in [1.54, 1.807) is 0 Å². The summed E-state index contributed by atoms with van der Waals surface area (Å²) in [6, 6.07) is 6.25. The van der Waals surface area contributed by atoms with Crippen molar-refractivity contribution in [3.63, 3.8) is 0 Å². The van der Waals surface area contributed by atoms with Gasteiger partial charge in [-0.3, -0.25) is 4.79 Å². The summed E-state index contributed by atoms with van der Waals surface area (Å²) in [6.45, 7) is 4.85. The van der Waals surface area contributed by atoms with Gasteiger partial charge in [-0.25, -0.2) is 0 Å². The number of aryl methyl sites for hydroxylation is 2. The van der Waals surface area contributed by atoms with Crippen LogP contribution in [0.5, 0.6) is 0 Å². The van der Waals surface area contributed by atoms with Crippen molar-refractivity contribution in [3.8, 4) is 0 Å². The van der Waals surface area contributed by atoms with Crippen LogP contribution in [0.1, 0.15) is 29.5 Å². The first-order chi connectivity index (χ1) is 7.66. The van der Waals surface area contributed by atoms with E-state index in [4.69, 9.17) is 4.74 Å². The number of rotatable bonds is 3. The van der Waals surface area contributed by atoms with Crippen LogP contribution in [0.4, 0.5) is 0 Å². The van der Waals surface area contributed by atoms with Crippen LogP contribution in [-0.2, 0) is 16.0 Å². The summed E-state index contributed by atoms with van der Waals surface area (Å²) in [5, 5.41) is 0. The topological polar surface area (TPSA) is 26.3 Å². The molecule has 1 fully saturated rings. The Morgan fingerprint density at radius 2 is 2.25 bits per heavy atom. The molecule has 86 valence electrons. The third kappa shape index (κ3) is 2.50. The van der Waals surface area contributed by atoms with Gasteiger partial charge in [-0.2, -0.15) is 0 Å². The monoisotopic (exact) mass is 218 g/mol. The van der Waals surface area contributed by atoms with Crippen LogP contribution in [0.3, 0.4) is 0 Å². The molecule has 0 amide bonds. The number of carbonyl (C=O) groups excluding carboxylic acids is 1. The summed E-state index contributed by atoms with van der Waals surface area (Å²) in [6.07, 6.45) is 2.27. The third-order valence-electron chi connectivity index (χ3n) is 3.16. The van der Waals surface area contributed by atoms with E-state index in [9.17, 15) is 4.79 Å². The van der Waals surface area contributed by atoms with E-state index in [1.807, 2.05) is 0 Å². The Bertz CT molecular complexity index is 390. The highest BCUT2D eigenvalue weighted by Crippen LogP contribution is 2.17. The second kappa shape index (κ2) is 4.79.